The molecule has 7 heteroatoms. The molecule has 0 atom stereocenters. The van der Waals surface area contributed by atoms with E-state index in [1.54, 1.807) is 12.1 Å². The second-order valence-electron chi connectivity index (χ2n) is 8.94. The molecule has 1 aliphatic heterocycles. The molecule has 0 spiro atoms. The molecular formula is C24H28N2O4S. The largest absolute Gasteiger partial charge is 0.426 e. The van der Waals surface area contributed by atoms with Crippen molar-refractivity contribution in [2.75, 3.05) is 13.1 Å². The highest BCUT2D eigenvalue weighted by atomic mass is 32.2. The average molecular weight is 441 g/mol. The van der Waals surface area contributed by atoms with Crippen LogP contribution in [0.2, 0.25) is 0 Å². The van der Waals surface area contributed by atoms with Gasteiger partial charge in [-0.3, -0.25) is 4.79 Å². The molecule has 3 rings (SSSR count). The Bertz CT molecular complexity index is 1120. The lowest BCUT2D eigenvalue weighted by molar-refractivity contribution is -0.140. The van der Waals surface area contributed by atoms with Crippen LogP contribution >= 0.6 is 0 Å². The zero-order chi connectivity index (χ0) is 22.8. The maximum Gasteiger partial charge on any atom is 0.314 e. The molecule has 0 bridgehead atoms. The van der Waals surface area contributed by atoms with Gasteiger partial charge in [-0.25, -0.2) is 8.42 Å². The first-order valence-corrected chi connectivity index (χ1v) is 11.8. The Labute approximate surface area is 184 Å². The third-order valence-electron chi connectivity index (χ3n) is 5.66. The molecule has 0 radical (unpaired) electrons. The highest BCUT2D eigenvalue weighted by molar-refractivity contribution is 7.89. The van der Waals surface area contributed by atoms with Crippen molar-refractivity contribution >= 4 is 16.0 Å². The molecule has 1 saturated heterocycles. The Kier molecular flexibility index (Phi) is 6.54. The van der Waals surface area contributed by atoms with Gasteiger partial charge >= 0.3 is 5.97 Å². The van der Waals surface area contributed by atoms with Gasteiger partial charge in [-0.05, 0) is 54.5 Å². The van der Waals surface area contributed by atoms with Gasteiger partial charge in [0, 0.05) is 13.1 Å². The van der Waals surface area contributed by atoms with Crippen molar-refractivity contribution in [3.63, 3.8) is 0 Å². The lowest BCUT2D eigenvalue weighted by Crippen LogP contribution is -2.41. The lowest BCUT2D eigenvalue weighted by atomic mass is 9.86. The maximum absolute atomic E-state index is 13.0. The zero-order valence-corrected chi connectivity index (χ0v) is 19.2. The summed E-state index contributed by atoms with van der Waals surface area (Å²) >= 11 is 0. The molecule has 1 aliphatic rings. The van der Waals surface area contributed by atoms with Gasteiger partial charge in [-0.15, -0.1) is 0 Å². The molecule has 1 heterocycles. The number of nitriles is 1. The topological polar surface area (TPSA) is 87.5 Å². The Morgan fingerprint density at radius 3 is 2.35 bits per heavy atom. The second-order valence-corrected chi connectivity index (χ2v) is 10.8. The Hall–Kier alpha value is -2.69. The van der Waals surface area contributed by atoms with Crippen molar-refractivity contribution < 1.29 is 17.9 Å². The first-order valence-electron chi connectivity index (χ1n) is 10.4. The average Bonchev–Trinajstić information content (AvgIpc) is 2.74. The molecule has 0 aromatic heterocycles. The molecule has 0 N–H and O–H groups in total. The van der Waals surface area contributed by atoms with Crippen molar-refractivity contribution in [3.05, 3.63) is 59.2 Å². The van der Waals surface area contributed by atoms with Gasteiger partial charge in [0.25, 0.3) is 0 Å². The number of carbonyl (C=O) groups is 1. The normalized spacial score (nSPS) is 16.0. The molecule has 0 unspecified atom stereocenters. The number of sulfonamides is 1. The standard InChI is InChI=1S/C24H28N2O4S/c1-17-15-20(24(2,3)4)9-10-21(17)30-23(27)18-11-13-26(14-12-18)31(28,29)22-8-6-5-7-19(22)16-25/h5-10,15,18H,11-14H2,1-4H3. The fourth-order valence-electron chi connectivity index (χ4n) is 3.68. The first-order chi connectivity index (χ1) is 14.5. The van der Waals surface area contributed by atoms with Crippen molar-refractivity contribution in [2.24, 2.45) is 5.92 Å². The van der Waals surface area contributed by atoms with Crippen molar-refractivity contribution in [2.45, 2.75) is 50.8 Å². The zero-order valence-electron chi connectivity index (χ0n) is 18.4. The Morgan fingerprint density at radius 1 is 1.13 bits per heavy atom. The SMILES string of the molecule is Cc1cc(C(C)(C)C)ccc1OC(=O)C1CCN(S(=O)(=O)c2ccccc2C#N)CC1. The summed E-state index contributed by atoms with van der Waals surface area (Å²) in [6.07, 6.45) is 0.762. The van der Waals surface area contributed by atoms with Gasteiger partial charge in [0.2, 0.25) is 10.0 Å². The van der Waals surface area contributed by atoms with E-state index in [1.807, 2.05) is 31.2 Å². The quantitative estimate of drug-likeness (QED) is 0.526. The van der Waals surface area contributed by atoms with Crippen LogP contribution in [0.1, 0.15) is 50.3 Å². The van der Waals surface area contributed by atoms with Crippen LogP contribution in [0.4, 0.5) is 0 Å². The number of nitrogens with zero attached hydrogens (tertiary/aromatic N) is 2. The van der Waals surface area contributed by atoms with Crippen molar-refractivity contribution in [1.29, 1.82) is 5.26 Å². The number of ether oxygens (including phenoxy) is 1. The molecular weight excluding hydrogens is 412 g/mol. The summed E-state index contributed by atoms with van der Waals surface area (Å²) in [5.41, 5.74) is 2.20. The highest BCUT2D eigenvalue weighted by Crippen LogP contribution is 2.30. The predicted octanol–water partition coefficient (Wildman–Crippen LogP) is 4.17. The molecule has 0 aliphatic carbocycles. The van der Waals surface area contributed by atoms with Crippen molar-refractivity contribution in [1.82, 2.24) is 4.31 Å². The van der Waals surface area contributed by atoms with E-state index in [0.29, 0.717) is 18.6 Å². The minimum atomic E-state index is -3.78. The van der Waals surface area contributed by atoms with Crippen LogP contribution in [0.3, 0.4) is 0 Å². The minimum absolute atomic E-state index is 0.00749. The molecule has 0 saturated carbocycles. The minimum Gasteiger partial charge on any atom is -0.426 e. The van der Waals surface area contributed by atoms with Crippen LogP contribution in [0.5, 0.6) is 5.75 Å². The maximum atomic E-state index is 13.0. The van der Waals surface area contributed by atoms with E-state index in [9.17, 15) is 18.5 Å². The summed E-state index contributed by atoms with van der Waals surface area (Å²) in [6.45, 7) is 8.73. The third-order valence-corrected chi connectivity index (χ3v) is 7.62. The fourth-order valence-corrected chi connectivity index (χ4v) is 5.29. The number of benzene rings is 2. The van der Waals surface area contributed by atoms with Gasteiger partial charge in [-0.2, -0.15) is 9.57 Å². The van der Waals surface area contributed by atoms with Gasteiger partial charge in [0.1, 0.15) is 11.8 Å². The summed E-state index contributed by atoms with van der Waals surface area (Å²) in [5, 5.41) is 9.22. The smallest absolute Gasteiger partial charge is 0.314 e. The number of hydrogen-bond donors (Lipinski definition) is 0. The van der Waals surface area contributed by atoms with Crippen LogP contribution in [0, 0.1) is 24.2 Å². The molecule has 164 valence electrons. The van der Waals surface area contributed by atoms with Crippen LogP contribution in [0.15, 0.2) is 47.4 Å². The van der Waals surface area contributed by atoms with E-state index in [2.05, 4.69) is 20.8 Å². The van der Waals surface area contributed by atoms with Crippen LogP contribution in [-0.4, -0.2) is 31.8 Å². The lowest BCUT2D eigenvalue weighted by Gasteiger charge is -2.30. The number of carbonyl (C=O) groups excluding carboxylic acids is 1. The van der Waals surface area contributed by atoms with Crippen LogP contribution in [0.25, 0.3) is 0 Å². The van der Waals surface area contributed by atoms with E-state index in [1.165, 1.54) is 22.0 Å². The molecule has 31 heavy (non-hydrogen) atoms. The van der Waals surface area contributed by atoms with Crippen LogP contribution < -0.4 is 4.74 Å². The Balaban J connectivity index is 1.66. The van der Waals surface area contributed by atoms with Gasteiger partial charge in [-0.1, -0.05) is 45.0 Å². The van der Waals surface area contributed by atoms with Gasteiger partial charge in [0.05, 0.1) is 16.4 Å². The summed E-state index contributed by atoms with van der Waals surface area (Å²) in [7, 11) is -3.78. The number of rotatable bonds is 4. The third kappa shape index (κ3) is 4.97. The molecule has 1 fully saturated rings. The molecule has 6 nitrogen and oxygen atoms in total. The van der Waals surface area contributed by atoms with E-state index in [4.69, 9.17) is 4.74 Å². The number of piperidine rings is 1. The number of hydrogen-bond acceptors (Lipinski definition) is 5. The van der Waals surface area contributed by atoms with Gasteiger partial charge in [0.15, 0.2) is 0 Å². The molecule has 2 aromatic rings. The number of esters is 1. The fraction of sp³-hybridized carbons (Fsp3) is 0.417. The number of aryl methyl sites for hydroxylation is 1. The van der Waals surface area contributed by atoms with E-state index < -0.39 is 10.0 Å². The molecule has 2 aromatic carbocycles. The summed E-state index contributed by atoms with van der Waals surface area (Å²) < 4.78 is 32.9. The predicted molar refractivity (Wildman–Crippen MR) is 118 cm³/mol. The molecule has 0 amide bonds. The van der Waals surface area contributed by atoms with E-state index in [-0.39, 0.29) is 40.9 Å². The summed E-state index contributed by atoms with van der Waals surface area (Å²) in [5.74, 6) is -0.156. The van der Waals surface area contributed by atoms with Crippen LogP contribution in [-0.2, 0) is 20.2 Å². The summed E-state index contributed by atoms with van der Waals surface area (Å²) in [6, 6.07) is 13.9. The van der Waals surface area contributed by atoms with E-state index in [0.717, 1.165) is 5.56 Å². The highest BCUT2D eigenvalue weighted by Gasteiger charge is 2.34. The monoisotopic (exact) mass is 440 g/mol. The Morgan fingerprint density at radius 2 is 1.77 bits per heavy atom. The summed E-state index contributed by atoms with van der Waals surface area (Å²) in [4.78, 5) is 12.7. The van der Waals surface area contributed by atoms with Crippen molar-refractivity contribution in [3.8, 4) is 11.8 Å². The first kappa shape index (κ1) is 23.0. The van der Waals surface area contributed by atoms with E-state index >= 15 is 0 Å². The van der Waals surface area contributed by atoms with Gasteiger partial charge < -0.3 is 4.74 Å². The second kappa shape index (κ2) is 8.81.